The maximum Gasteiger partial charge on any atom is 0.335 e. The van der Waals surface area contributed by atoms with Crippen molar-refractivity contribution in [3.63, 3.8) is 0 Å². The number of nitrogens with one attached hydrogen (secondary N) is 1. The molecule has 0 bridgehead atoms. The SMILES string of the molecule is CC(CNS(=O)(=O)Cc1cccc(C(=O)O)c1)C(C)(C)C. The van der Waals surface area contributed by atoms with E-state index in [0.29, 0.717) is 12.1 Å². The third kappa shape index (κ3) is 5.85. The lowest BCUT2D eigenvalue weighted by Gasteiger charge is -2.27. The first-order valence-corrected chi connectivity index (χ1v) is 8.46. The maximum absolute atomic E-state index is 12.1. The van der Waals surface area contributed by atoms with Crippen molar-refractivity contribution in [2.45, 2.75) is 33.4 Å². The number of benzene rings is 1. The van der Waals surface area contributed by atoms with E-state index in [1.54, 1.807) is 12.1 Å². The second-order valence-corrected chi connectivity index (χ2v) is 8.19. The van der Waals surface area contributed by atoms with Crippen molar-refractivity contribution >= 4 is 16.0 Å². The third-order valence-electron chi connectivity index (χ3n) is 3.62. The lowest BCUT2D eigenvalue weighted by molar-refractivity contribution is 0.0696. The lowest BCUT2D eigenvalue weighted by Crippen LogP contribution is -2.34. The smallest absolute Gasteiger partial charge is 0.335 e. The summed E-state index contributed by atoms with van der Waals surface area (Å²) in [4.78, 5) is 10.9. The molecule has 118 valence electrons. The van der Waals surface area contributed by atoms with Gasteiger partial charge in [0.2, 0.25) is 10.0 Å². The van der Waals surface area contributed by atoms with Gasteiger partial charge in [0.05, 0.1) is 11.3 Å². The molecule has 21 heavy (non-hydrogen) atoms. The summed E-state index contributed by atoms with van der Waals surface area (Å²) in [5.41, 5.74) is 0.572. The van der Waals surface area contributed by atoms with E-state index >= 15 is 0 Å². The third-order valence-corrected chi connectivity index (χ3v) is 4.94. The Bertz CT molecular complexity index is 602. The Labute approximate surface area is 126 Å². The molecule has 6 heteroatoms. The van der Waals surface area contributed by atoms with Gasteiger partial charge in [-0.25, -0.2) is 17.9 Å². The van der Waals surface area contributed by atoms with Gasteiger partial charge in [-0.1, -0.05) is 39.8 Å². The van der Waals surface area contributed by atoms with Crippen LogP contribution < -0.4 is 4.72 Å². The van der Waals surface area contributed by atoms with E-state index in [9.17, 15) is 13.2 Å². The molecule has 0 saturated heterocycles. The number of hydrogen-bond donors (Lipinski definition) is 2. The summed E-state index contributed by atoms with van der Waals surface area (Å²) in [5, 5.41) is 8.91. The quantitative estimate of drug-likeness (QED) is 0.845. The molecule has 0 saturated carbocycles. The average molecular weight is 313 g/mol. The molecule has 0 fully saturated rings. The lowest BCUT2D eigenvalue weighted by atomic mass is 9.82. The Morgan fingerprint density at radius 2 is 1.95 bits per heavy atom. The van der Waals surface area contributed by atoms with Gasteiger partial charge in [0.1, 0.15) is 0 Å². The van der Waals surface area contributed by atoms with Crippen LogP contribution in [0.25, 0.3) is 0 Å². The molecule has 0 heterocycles. The number of carboxylic acid groups (broad SMARTS) is 1. The van der Waals surface area contributed by atoms with Gasteiger partial charge < -0.3 is 5.11 Å². The average Bonchev–Trinajstić information content (AvgIpc) is 2.34. The van der Waals surface area contributed by atoms with E-state index in [1.807, 2.05) is 6.92 Å². The van der Waals surface area contributed by atoms with E-state index in [2.05, 4.69) is 25.5 Å². The van der Waals surface area contributed by atoms with E-state index in [-0.39, 0.29) is 22.6 Å². The molecule has 0 spiro atoms. The first-order valence-electron chi connectivity index (χ1n) is 6.81. The molecular formula is C15H23NO4S. The van der Waals surface area contributed by atoms with E-state index in [1.165, 1.54) is 12.1 Å². The number of carboxylic acids is 1. The summed E-state index contributed by atoms with van der Waals surface area (Å²) < 4.78 is 26.7. The van der Waals surface area contributed by atoms with Crippen molar-refractivity contribution in [1.82, 2.24) is 4.72 Å². The fourth-order valence-corrected chi connectivity index (χ4v) is 2.85. The molecular weight excluding hydrogens is 290 g/mol. The number of rotatable bonds is 6. The van der Waals surface area contributed by atoms with Gasteiger partial charge in [-0.05, 0) is 29.0 Å². The van der Waals surface area contributed by atoms with Crippen molar-refractivity contribution in [2.24, 2.45) is 11.3 Å². The fourth-order valence-electron chi connectivity index (χ4n) is 1.62. The van der Waals surface area contributed by atoms with Crippen LogP contribution in [0.2, 0.25) is 0 Å². The highest BCUT2D eigenvalue weighted by atomic mass is 32.2. The van der Waals surface area contributed by atoms with E-state index in [4.69, 9.17) is 5.11 Å². The highest BCUT2D eigenvalue weighted by molar-refractivity contribution is 7.88. The zero-order chi connectivity index (χ0) is 16.3. The molecule has 1 aromatic carbocycles. The van der Waals surface area contributed by atoms with Gasteiger partial charge in [0.25, 0.3) is 0 Å². The van der Waals surface area contributed by atoms with Crippen molar-refractivity contribution < 1.29 is 18.3 Å². The molecule has 2 N–H and O–H groups in total. The first kappa shape index (κ1) is 17.7. The molecule has 1 atom stereocenters. The highest BCUT2D eigenvalue weighted by Crippen LogP contribution is 2.24. The fraction of sp³-hybridized carbons (Fsp3) is 0.533. The van der Waals surface area contributed by atoms with Crippen LogP contribution in [0.1, 0.15) is 43.6 Å². The highest BCUT2D eigenvalue weighted by Gasteiger charge is 2.22. The molecule has 0 aliphatic heterocycles. The second kappa shape index (κ2) is 6.58. The van der Waals surface area contributed by atoms with Crippen molar-refractivity contribution in [1.29, 1.82) is 0 Å². The van der Waals surface area contributed by atoms with Crippen LogP contribution in [0.4, 0.5) is 0 Å². The summed E-state index contributed by atoms with van der Waals surface area (Å²) in [5.74, 6) is -1.09. The monoisotopic (exact) mass is 313 g/mol. The number of carbonyl (C=O) groups is 1. The molecule has 5 nitrogen and oxygen atoms in total. The number of hydrogen-bond acceptors (Lipinski definition) is 3. The molecule has 0 amide bonds. The summed E-state index contributed by atoms with van der Waals surface area (Å²) >= 11 is 0. The van der Waals surface area contributed by atoms with Crippen molar-refractivity contribution in [3.05, 3.63) is 35.4 Å². The van der Waals surface area contributed by atoms with Gasteiger partial charge in [-0.15, -0.1) is 0 Å². The van der Waals surface area contributed by atoms with Gasteiger partial charge in [-0.2, -0.15) is 0 Å². The molecule has 1 rings (SSSR count). The maximum atomic E-state index is 12.1. The van der Waals surface area contributed by atoms with Crippen LogP contribution in [-0.4, -0.2) is 26.0 Å². The van der Waals surface area contributed by atoms with Crippen molar-refractivity contribution in [3.8, 4) is 0 Å². The molecule has 1 aromatic rings. The molecule has 0 aliphatic rings. The standard InChI is InChI=1S/C15H23NO4S/c1-11(15(2,3)4)9-16-21(19,20)10-12-6-5-7-13(8-12)14(17)18/h5-8,11,16H,9-10H2,1-4H3,(H,17,18). The van der Waals surface area contributed by atoms with Crippen LogP contribution in [0.3, 0.4) is 0 Å². The Morgan fingerprint density at radius 3 is 2.48 bits per heavy atom. The molecule has 0 aromatic heterocycles. The summed E-state index contributed by atoms with van der Waals surface area (Å²) in [6, 6.07) is 5.98. The Kier molecular flexibility index (Phi) is 5.53. The van der Waals surface area contributed by atoms with Gasteiger partial charge in [-0.3, -0.25) is 0 Å². The minimum Gasteiger partial charge on any atom is -0.478 e. The van der Waals surface area contributed by atoms with E-state index < -0.39 is 16.0 Å². The largest absolute Gasteiger partial charge is 0.478 e. The normalized spacial score (nSPS) is 13.9. The minimum atomic E-state index is -3.48. The zero-order valence-corrected chi connectivity index (χ0v) is 13.7. The molecule has 1 unspecified atom stereocenters. The Hall–Kier alpha value is -1.40. The zero-order valence-electron chi connectivity index (χ0n) is 12.9. The predicted molar refractivity (Wildman–Crippen MR) is 82.6 cm³/mol. The van der Waals surface area contributed by atoms with Crippen molar-refractivity contribution in [2.75, 3.05) is 6.54 Å². The first-order chi connectivity index (χ1) is 9.51. The number of sulfonamides is 1. The topological polar surface area (TPSA) is 83.5 Å². The molecule has 0 radical (unpaired) electrons. The van der Waals surface area contributed by atoms with Gasteiger partial charge in [0.15, 0.2) is 0 Å². The Morgan fingerprint density at radius 1 is 1.33 bits per heavy atom. The predicted octanol–water partition coefficient (Wildman–Crippen LogP) is 2.49. The number of aromatic carboxylic acids is 1. The van der Waals surface area contributed by atoms with Gasteiger partial charge in [0, 0.05) is 6.54 Å². The summed E-state index contributed by atoms with van der Waals surface area (Å²) in [6.07, 6.45) is 0. The van der Waals surface area contributed by atoms with Gasteiger partial charge >= 0.3 is 5.97 Å². The van der Waals surface area contributed by atoms with Crippen LogP contribution >= 0.6 is 0 Å². The second-order valence-electron chi connectivity index (χ2n) is 6.38. The summed E-state index contributed by atoms with van der Waals surface area (Å²) in [6.45, 7) is 8.53. The Balaban J connectivity index is 2.73. The van der Waals surface area contributed by atoms with Crippen LogP contribution in [0.5, 0.6) is 0 Å². The van der Waals surface area contributed by atoms with E-state index in [0.717, 1.165) is 0 Å². The van der Waals surface area contributed by atoms with Crippen LogP contribution in [0.15, 0.2) is 24.3 Å². The van der Waals surface area contributed by atoms with Crippen LogP contribution in [-0.2, 0) is 15.8 Å². The van der Waals surface area contributed by atoms with Crippen LogP contribution in [0, 0.1) is 11.3 Å². The summed E-state index contributed by atoms with van der Waals surface area (Å²) in [7, 11) is -3.48. The minimum absolute atomic E-state index is 0.0196. The molecule has 0 aliphatic carbocycles.